The van der Waals surface area contributed by atoms with E-state index in [9.17, 15) is 0 Å². The van der Waals surface area contributed by atoms with Gasteiger partial charge in [-0.2, -0.15) is 0 Å². The zero-order chi connectivity index (χ0) is 10.9. The predicted octanol–water partition coefficient (Wildman–Crippen LogP) is 4.03. The van der Waals surface area contributed by atoms with Crippen LogP contribution in [0.5, 0.6) is 0 Å². The Kier molecular flexibility index (Phi) is 6.22. The summed E-state index contributed by atoms with van der Waals surface area (Å²) >= 11 is 0. The van der Waals surface area contributed by atoms with Crippen molar-refractivity contribution in [1.82, 2.24) is 5.32 Å². The van der Waals surface area contributed by atoms with Gasteiger partial charge in [0.25, 0.3) is 0 Å². The van der Waals surface area contributed by atoms with E-state index in [0.717, 1.165) is 12.5 Å². The summed E-state index contributed by atoms with van der Waals surface area (Å²) in [4.78, 5) is 0. The molecule has 0 aromatic rings. The van der Waals surface area contributed by atoms with Crippen molar-refractivity contribution in [1.29, 1.82) is 0 Å². The Bertz CT molecular complexity index is 215. The molecule has 1 aliphatic rings. The van der Waals surface area contributed by atoms with Gasteiger partial charge in [0.2, 0.25) is 0 Å². The van der Waals surface area contributed by atoms with Gasteiger partial charge in [-0.05, 0) is 31.3 Å². The standard InChI is InChI=1S/C14H25N/c1-3-5-8-13-9-7-10-14(12-13)15-11-6-4-2/h7,9-10,13,15H,3-6,8,11-12H2,1-2H3. The molecule has 1 aliphatic carbocycles. The average Bonchev–Trinajstić information content (AvgIpc) is 2.27. The van der Waals surface area contributed by atoms with Crippen LogP contribution in [0.2, 0.25) is 0 Å². The lowest BCUT2D eigenvalue weighted by molar-refractivity contribution is 0.525. The van der Waals surface area contributed by atoms with Crippen LogP contribution in [-0.2, 0) is 0 Å². The summed E-state index contributed by atoms with van der Waals surface area (Å²) in [5.74, 6) is 0.777. The van der Waals surface area contributed by atoms with Crippen LogP contribution in [-0.4, -0.2) is 6.54 Å². The molecule has 0 saturated heterocycles. The Morgan fingerprint density at radius 3 is 2.80 bits per heavy atom. The highest BCUT2D eigenvalue weighted by atomic mass is 14.9. The molecule has 1 unspecified atom stereocenters. The molecule has 0 spiro atoms. The number of unbranched alkanes of at least 4 members (excludes halogenated alkanes) is 2. The highest BCUT2D eigenvalue weighted by molar-refractivity contribution is 5.18. The Balaban J connectivity index is 2.23. The SMILES string of the molecule is CCCCNC1=CC=CC(CCCC)C1. The van der Waals surface area contributed by atoms with Crippen LogP contribution in [0.15, 0.2) is 23.9 Å². The van der Waals surface area contributed by atoms with Gasteiger partial charge in [-0.3, -0.25) is 0 Å². The molecular weight excluding hydrogens is 182 g/mol. The van der Waals surface area contributed by atoms with Crippen molar-refractivity contribution < 1.29 is 0 Å². The van der Waals surface area contributed by atoms with E-state index in [2.05, 4.69) is 37.4 Å². The minimum Gasteiger partial charge on any atom is -0.388 e. The van der Waals surface area contributed by atoms with Crippen LogP contribution in [0.25, 0.3) is 0 Å². The first kappa shape index (κ1) is 12.4. The summed E-state index contributed by atoms with van der Waals surface area (Å²) in [7, 11) is 0. The van der Waals surface area contributed by atoms with Crippen molar-refractivity contribution in [3.63, 3.8) is 0 Å². The maximum absolute atomic E-state index is 3.54. The van der Waals surface area contributed by atoms with Gasteiger partial charge in [-0.1, -0.05) is 45.3 Å². The molecule has 1 nitrogen and oxygen atoms in total. The molecule has 15 heavy (non-hydrogen) atoms. The zero-order valence-electron chi connectivity index (χ0n) is 10.3. The first-order chi connectivity index (χ1) is 7.36. The topological polar surface area (TPSA) is 12.0 Å². The summed E-state index contributed by atoms with van der Waals surface area (Å²) < 4.78 is 0. The van der Waals surface area contributed by atoms with Crippen molar-refractivity contribution in [2.45, 2.75) is 52.4 Å². The molecule has 0 heterocycles. The molecule has 0 radical (unpaired) electrons. The number of nitrogens with one attached hydrogen (secondary N) is 1. The minimum atomic E-state index is 0.777. The summed E-state index contributed by atoms with van der Waals surface area (Å²) in [6, 6.07) is 0. The molecule has 0 aromatic heterocycles. The Labute approximate surface area is 94.6 Å². The summed E-state index contributed by atoms with van der Waals surface area (Å²) in [6.45, 7) is 5.64. The lowest BCUT2D eigenvalue weighted by Crippen LogP contribution is -2.18. The van der Waals surface area contributed by atoms with E-state index in [1.807, 2.05) is 0 Å². The van der Waals surface area contributed by atoms with E-state index in [-0.39, 0.29) is 0 Å². The number of hydrogen-bond acceptors (Lipinski definition) is 1. The van der Waals surface area contributed by atoms with Crippen LogP contribution < -0.4 is 5.32 Å². The highest BCUT2D eigenvalue weighted by Crippen LogP contribution is 2.21. The first-order valence-corrected chi connectivity index (χ1v) is 6.48. The minimum absolute atomic E-state index is 0.777. The van der Waals surface area contributed by atoms with Crippen molar-refractivity contribution in [3.8, 4) is 0 Å². The zero-order valence-corrected chi connectivity index (χ0v) is 10.3. The van der Waals surface area contributed by atoms with Crippen LogP contribution in [0.3, 0.4) is 0 Å². The monoisotopic (exact) mass is 207 g/mol. The smallest absolute Gasteiger partial charge is 0.0143 e. The van der Waals surface area contributed by atoms with E-state index in [1.54, 1.807) is 0 Å². The molecule has 0 bridgehead atoms. The van der Waals surface area contributed by atoms with E-state index in [0.29, 0.717) is 0 Å². The van der Waals surface area contributed by atoms with Crippen LogP contribution in [0, 0.1) is 5.92 Å². The van der Waals surface area contributed by atoms with E-state index in [4.69, 9.17) is 0 Å². The third-order valence-corrected chi connectivity index (χ3v) is 2.97. The van der Waals surface area contributed by atoms with Crippen LogP contribution in [0.1, 0.15) is 52.4 Å². The molecule has 1 N–H and O–H groups in total. The third-order valence-electron chi connectivity index (χ3n) is 2.97. The molecule has 1 heteroatoms. The predicted molar refractivity (Wildman–Crippen MR) is 67.8 cm³/mol. The van der Waals surface area contributed by atoms with Crippen molar-refractivity contribution >= 4 is 0 Å². The van der Waals surface area contributed by atoms with Gasteiger partial charge >= 0.3 is 0 Å². The van der Waals surface area contributed by atoms with Crippen molar-refractivity contribution in [3.05, 3.63) is 23.9 Å². The molecule has 0 aliphatic heterocycles. The van der Waals surface area contributed by atoms with Gasteiger partial charge in [-0.25, -0.2) is 0 Å². The summed E-state index contributed by atoms with van der Waals surface area (Å²) in [5.41, 5.74) is 1.44. The highest BCUT2D eigenvalue weighted by Gasteiger charge is 2.10. The molecule has 1 atom stereocenters. The van der Waals surface area contributed by atoms with Crippen LogP contribution in [0.4, 0.5) is 0 Å². The van der Waals surface area contributed by atoms with Gasteiger partial charge < -0.3 is 5.32 Å². The molecule has 0 amide bonds. The van der Waals surface area contributed by atoms with Gasteiger partial charge in [0.15, 0.2) is 0 Å². The fourth-order valence-electron chi connectivity index (χ4n) is 1.97. The van der Waals surface area contributed by atoms with Crippen LogP contribution >= 0.6 is 0 Å². The van der Waals surface area contributed by atoms with Crippen molar-refractivity contribution in [2.24, 2.45) is 5.92 Å². The Morgan fingerprint density at radius 1 is 1.27 bits per heavy atom. The second-order valence-electron chi connectivity index (χ2n) is 4.46. The third kappa shape index (κ3) is 5.06. The van der Waals surface area contributed by atoms with Gasteiger partial charge in [-0.15, -0.1) is 0 Å². The molecule has 0 aromatic carbocycles. The van der Waals surface area contributed by atoms with E-state index >= 15 is 0 Å². The largest absolute Gasteiger partial charge is 0.388 e. The molecule has 0 fully saturated rings. The summed E-state index contributed by atoms with van der Waals surface area (Å²) in [6.07, 6.45) is 14.6. The number of hydrogen-bond donors (Lipinski definition) is 1. The van der Waals surface area contributed by atoms with Gasteiger partial charge in [0.05, 0.1) is 0 Å². The lowest BCUT2D eigenvalue weighted by Gasteiger charge is -2.19. The quantitative estimate of drug-likeness (QED) is 0.622. The second-order valence-corrected chi connectivity index (χ2v) is 4.46. The maximum atomic E-state index is 3.54. The molecular formula is C14H25N. The fourth-order valence-corrected chi connectivity index (χ4v) is 1.97. The van der Waals surface area contributed by atoms with Gasteiger partial charge in [0, 0.05) is 12.2 Å². The number of allylic oxidation sites excluding steroid dienone is 4. The lowest BCUT2D eigenvalue weighted by atomic mass is 9.93. The number of rotatable bonds is 7. The fraction of sp³-hybridized carbons (Fsp3) is 0.714. The Hall–Kier alpha value is -0.720. The molecule has 86 valence electrons. The molecule has 0 saturated carbocycles. The summed E-state index contributed by atoms with van der Waals surface area (Å²) in [5, 5.41) is 3.54. The molecule has 1 rings (SSSR count). The van der Waals surface area contributed by atoms with E-state index in [1.165, 1.54) is 44.2 Å². The first-order valence-electron chi connectivity index (χ1n) is 6.48. The van der Waals surface area contributed by atoms with Gasteiger partial charge in [0.1, 0.15) is 0 Å². The Morgan fingerprint density at radius 2 is 2.07 bits per heavy atom. The maximum Gasteiger partial charge on any atom is 0.0143 e. The average molecular weight is 207 g/mol. The van der Waals surface area contributed by atoms with E-state index < -0.39 is 0 Å². The second kappa shape index (κ2) is 7.56. The normalized spacial score (nSPS) is 20.1. The van der Waals surface area contributed by atoms with Crippen molar-refractivity contribution in [2.75, 3.05) is 6.54 Å².